The van der Waals surface area contributed by atoms with Crippen molar-refractivity contribution in [2.24, 2.45) is 4.99 Å². The predicted molar refractivity (Wildman–Crippen MR) is 62.3 cm³/mol. The van der Waals surface area contributed by atoms with Crippen LogP contribution in [0.25, 0.3) is 0 Å². The molecule has 0 aliphatic carbocycles. The lowest BCUT2D eigenvalue weighted by Gasteiger charge is -2.00. The maximum atomic E-state index is 10.3. The van der Waals surface area contributed by atoms with Crippen LogP contribution in [0.3, 0.4) is 0 Å². The molecule has 2 atom stereocenters. The van der Waals surface area contributed by atoms with Gasteiger partial charge in [0.05, 0.1) is 11.8 Å². The number of aliphatic hydroxyl groups excluding tert-OH is 1. The largest absolute Gasteiger partial charge is 0.393 e. The summed E-state index contributed by atoms with van der Waals surface area (Å²) in [6.07, 6.45) is 1.69. The summed E-state index contributed by atoms with van der Waals surface area (Å²) in [7, 11) is 0. The van der Waals surface area contributed by atoms with E-state index in [2.05, 4.69) is 9.18 Å². The number of benzene rings is 1. The van der Waals surface area contributed by atoms with E-state index in [-0.39, 0.29) is 0 Å². The van der Waals surface area contributed by atoms with Crippen molar-refractivity contribution in [1.29, 1.82) is 0 Å². The molecule has 1 aromatic rings. The smallest absolute Gasteiger partial charge is 0.357 e. The molecule has 0 aliphatic heterocycles. The van der Waals surface area contributed by atoms with Gasteiger partial charge in [-0.3, -0.25) is 9.55 Å². The van der Waals surface area contributed by atoms with E-state index in [1.165, 1.54) is 0 Å². The first-order valence-electron chi connectivity index (χ1n) is 4.68. The van der Waals surface area contributed by atoms with E-state index in [0.717, 1.165) is 0 Å². The summed E-state index contributed by atoms with van der Waals surface area (Å²) >= 11 is -2.31. The third-order valence-electron chi connectivity index (χ3n) is 1.69. The van der Waals surface area contributed by atoms with Crippen molar-refractivity contribution >= 4 is 23.3 Å². The van der Waals surface area contributed by atoms with Crippen LogP contribution in [-0.2, 0) is 11.4 Å². The van der Waals surface area contributed by atoms with Crippen LogP contribution in [0, 0.1) is 0 Å². The molecule has 1 aromatic carbocycles. The first kappa shape index (κ1) is 12.8. The van der Waals surface area contributed by atoms with Crippen LogP contribution in [0.1, 0.15) is 13.3 Å². The molecule has 16 heavy (non-hydrogen) atoms. The summed E-state index contributed by atoms with van der Waals surface area (Å²) in [6.45, 7) is 1.68. The first-order chi connectivity index (χ1) is 7.58. The molecular weight excluding hydrogens is 230 g/mol. The summed E-state index contributed by atoms with van der Waals surface area (Å²) in [4.78, 5) is 4.09. The average Bonchev–Trinajstić information content (AvgIpc) is 2.19. The minimum absolute atomic E-state index is 0.301. The molecule has 0 saturated carbocycles. The highest BCUT2D eigenvalue weighted by molar-refractivity contribution is 7.74. The van der Waals surface area contributed by atoms with Gasteiger partial charge in [-0.1, -0.05) is 0 Å². The quantitative estimate of drug-likeness (QED) is 0.609. The molecule has 0 aromatic heterocycles. The molecule has 0 radical (unpaired) electrons. The normalized spacial score (nSPS) is 14.9. The number of hydrogen-bond donors (Lipinski definition) is 2. The maximum absolute atomic E-state index is 10.3. The van der Waals surface area contributed by atoms with Gasteiger partial charge in [0.1, 0.15) is 5.75 Å². The van der Waals surface area contributed by atoms with Gasteiger partial charge in [-0.25, -0.2) is 0 Å². The van der Waals surface area contributed by atoms with E-state index in [1.807, 2.05) is 0 Å². The molecule has 88 valence electrons. The van der Waals surface area contributed by atoms with Crippen LogP contribution in [0.5, 0.6) is 5.75 Å². The summed E-state index contributed by atoms with van der Waals surface area (Å²) in [5.41, 5.74) is 0.691. The van der Waals surface area contributed by atoms with Gasteiger partial charge in [-0.15, -0.1) is 0 Å². The molecule has 0 saturated heterocycles. The second-order valence-corrected chi connectivity index (χ2v) is 3.79. The van der Waals surface area contributed by atoms with Crippen molar-refractivity contribution in [2.75, 3.05) is 0 Å². The minimum Gasteiger partial charge on any atom is -0.393 e. The van der Waals surface area contributed by atoms with Gasteiger partial charge in [0.15, 0.2) is 0 Å². The zero-order valence-electron chi connectivity index (χ0n) is 8.74. The number of aliphatic hydroxyl groups is 1. The van der Waals surface area contributed by atoms with Gasteiger partial charge < -0.3 is 9.29 Å². The lowest BCUT2D eigenvalue weighted by Crippen LogP contribution is -1.98. The molecule has 0 aliphatic rings. The Morgan fingerprint density at radius 2 is 2.12 bits per heavy atom. The average molecular weight is 243 g/mol. The molecule has 0 heterocycles. The topological polar surface area (TPSA) is 79.1 Å². The van der Waals surface area contributed by atoms with Gasteiger partial charge >= 0.3 is 11.4 Å². The molecule has 5 nitrogen and oxygen atoms in total. The Hall–Kier alpha value is -1.24. The van der Waals surface area contributed by atoms with Crippen LogP contribution in [0.4, 0.5) is 5.69 Å². The SMILES string of the molecule is CC(O)CC=Nc1ccc(OS(=O)O)cc1. The summed E-state index contributed by atoms with van der Waals surface area (Å²) in [5, 5.41) is 9.00. The van der Waals surface area contributed by atoms with Crippen molar-refractivity contribution in [2.45, 2.75) is 19.4 Å². The maximum Gasteiger partial charge on any atom is 0.357 e. The van der Waals surface area contributed by atoms with Crippen molar-refractivity contribution in [3.05, 3.63) is 24.3 Å². The van der Waals surface area contributed by atoms with Crippen molar-refractivity contribution in [3.63, 3.8) is 0 Å². The van der Waals surface area contributed by atoms with E-state index >= 15 is 0 Å². The third-order valence-corrected chi connectivity index (χ3v) is 2.03. The third kappa shape index (κ3) is 5.01. The highest BCUT2D eigenvalue weighted by atomic mass is 32.2. The molecule has 0 spiro atoms. The van der Waals surface area contributed by atoms with Crippen LogP contribution < -0.4 is 4.18 Å². The van der Waals surface area contributed by atoms with Gasteiger partial charge in [0, 0.05) is 12.6 Å². The Kier molecular flexibility index (Phi) is 5.10. The standard InChI is InChI=1S/C10H13NO4S/c1-8(12)6-7-11-9-2-4-10(5-3-9)15-16(13)14/h2-5,7-8,12H,6H2,1H3,(H,13,14). The monoisotopic (exact) mass is 243 g/mol. The molecule has 0 bridgehead atoms. The molecule has 0 amide bonds. The number of hydrogen-bond acceptors (Lipinski definition) is 4. The number of aliphatic imine (C=N–C) groups is 1. The van der Waals surface area contributed by atoms with Crippen LogP contribution >= 0.6 is 0 Å². The lowest BCUT2D eigenvalue weighted by molar-refractivity contribution is 0.204. The van der Waals surface area contributed by atoms with Crippen molar-refractivity contribution in [1.82, 2.24) is 0 Å². The fourth-order valence-corrected chi connectivity index (χ4v) is 1.26. The zero-order valence-corrected chi connectivity index (χ0v) is 9.55. The Morgan fingerprint density at radius 1 is 1.50 bits per heavy atom. The van der Waals surface area contributed by atoms with E-state index in [9.17, 15) is 4.21 Å². The van der Waals surface area contributed by atoms with Gasteiger partial charge in [-0.05, 0) is 31.2 Å². The number of rotatable bonds is 5. The highest BCUT2D eigenvalue weighted by Crippen LogP contribution is 2.18. The van der Waals surface area contributed by atoms with Crippen LogP contribution in [0.15, 0.2) is 29.3 Å². The highest BCUT2D eigenvalue weighted by Gasteiger charge is 1.97. The van der Waals surface area contributed by atoms with Crippen LogP contribution in [-0.4, -0.2) is 26.2 Å². The molecular formula is C10H13NO4S. The predicted octanol–water partition coefficient (Wildman–Crippen LogP) is 1.68. The second kappa shape index (κ2) is 6.37. The van der Waals surface area contributed by atoms with E-state index < -0.39 is 17.5 Å². The van der Waals surface area contributed by atoms with Crippen LogP contribution in [0.2, 0.25) is 0 Å². The Balaban J connectivity index is 2.57. The van der Waals surface area contributed by atoms with E-state index in [4.69, 9.17) is 9.66 Å². The van der Waals surface area contributed by atoms with Gasteiger partial charge in [0.2, 0.25) is 0 Å². The fraction of sp³-hybridized carbons (Fsp3) is 0.300. The lowest BCUT2D eigenvalue weighted by atomic mass is 10.3. The van der Waals surface area contributed by atoms with Gasteiger partial charge in [0.25, 0.3) is 0 Å². The number of nitrogens with zero attached hydrogens (tertiary/aromatic N) is 1. The molecule has 6 heteroatoms. The first-order valence-corrected chi connectivity index (χ1v) is 5.71. The van der Waals surface area contributed by atoms with Gasteiger partial charge in [-0.2, -0.15) is 4.21 Å². The zero-order chi connectivity index (χ0) is 12.0. The summed E-state index contributed by atoms with van der Waals surface area (Å²) in [6, 6.07) is 6.40. The Morgan fingerprint density at radius 3 is 2.62 bits per heavy atom. The molecule has 2 N–H and O–H groups in total. The van der Waals surface area contributed by atoms with E-state index in [1.54, 1.807) is 37.4 Å². The van der Waals surface area contributed by atoms with Crippen molar-refractivity contribution in [3.8, 4) is 5.75 Å². The van der Waals surface area contributed by atoms with Crippen molar-refractivity contribution < 1.29 is 18.1 Å². The molecule has 2 unspecified atom stereocenters. The molecule has 1 rings (SSSR count). The minimum atomic E-state index is -2.31. The second-order valence-electron chi connectivity index (χ2n) is 3.19. The summed E-state index contributed by atoms with van der Waals surface area (Å²) in [5.74, 6) is 0.301. The summed E-state index contributed by atoms with van der Waals surface area (Å²) < 4.78 is 23.4. The molecule has 0 fully saturated rings. The Labute approximate surface area is 96.3 Å². The van der Waals surface area contributed by atoms with E-state index in [0.29, 0.717) is 17.9 Å². The Bertz CT molecular complexity index is 375. The fourth-order valence-electron chi connectivity index (χ4n) is 0.981.